The van der Waals surface area contributed by atoms with Crippen LogP contribution in [0, 0.1) is 5.92 Å². The lowest BCUT2D eigenvalue weighted by Gasteiger charge is -2.31. The van der Waals surface area contributed by atoms with Crippen LogP contribution in [0.1, 0.15) is 24.8 Å². The van der Waals surface area contributed by atoms with Gasteiger partial charge in [-0.2, -0.15) is 0 Å². The number of hydrogen-bond donors (Lipinski definition) is 0. The molecule has 104 valence electrons. The van der Waals surface area contributed by atoms with Crippen LogP contribution in [0.2, 0.25) is 0 Å². The number of ether oxygens (including phenoxy) is 2. The lowest BCUT2D eigenvalue weighted by Crippen LogP contribution is -2.36. The van der Waals surface area contributed by atoms with Crippen molar-refractivity contribution in [2.75, 3.05) is 6.61 Å². The van der Waals surface area contributed by atoms with Gasteiger partial charge in [-0.25, -0.2) is 4.79 Å². The van der Waals surface area contributed by atoms with Gasteiger partial charge in [-0.05, 0) is 31.4 Å². The molecule has 20 heavy (non-hydrogen) atoms. The lowest BCUT2D eigenvalue weighted by atomic mass is 9.91. The van der Waals surface area contributed by atoms with Crippen molar-refractivity contribution in [2.45, 2.75) is 32.0 Å². The molecule has 2 aliphatic rings. The third kappa shape index (κ3) is 1.83. The minimum atomic E-state index is -0.276. The first-order valence-electron chi connectivity index (χ1n) is 7.16. The van der Waals surface area contributed by atoms with Gasteiger partial charge in [0.2, 0.25) is 6.29 Å². The highest BCUT2D eigenvalue weighted by Crippen LogP contribution is 2.38. The van der Waals surface area contributed by atoms with Crippen molar-refractivity contribution in [2.24, 2.45) is 5.92 Å². The van der Waals surface area contributed by atoms with Gasteiger partial charge in [-0.15, -0.1) is 0 Å². The first-order chi connectivity index (χ1) is 9.83. The van der Waals surface area contributed by atoms with E-state index in [1.165, 1.54) is 0 Å². The van der Waals surface area contributed by atoms with Crippen molar-refractivity contribution in [3.8, 4) is 5.75 Å². The van der Waals surface area contributed by atoms with Gasteiger partial charge in [-0.1, -0.05) is 18.6 Å². The summed E-state index contributed by atoms with van der Waals surface area (Å²) in [6, 6.07) is 7.49. The van der Waals surface area contributed by atoms with Crippen LogP contribution in [0.3, 0.4) is 0 Å². The van der Waals surface area contributed by atoms with Gasteiger partial charge in [0.1, 0.15) is 11.3 Å². The Morgan fingerprint density at radius 3 is 3.00 bits per heavy atom. The average Bonchev–Trinajstić information content (AvgIpc) is 2.70. The Morgan fingerprint density at radius 2 is 2.05 bits per heavy atom. The fraction of sp³-hybridized carbons (Fsp3) is 0.438. The van der Waals surface area contributed by atoms with Crippen LogP contribution in [-0.2, 0) is 11.2 Å². The van der Waals surface area contributed by atoms with E-state index in [4.69, 9.17) is 13.9 Å². The van der Waals surface area contributed by atoms with Crippen molar-refractivity contribution in [1.29, 1.82) is 0 Å². The summed E-state index contributed by atoms with van der Waals surface area (Å²) >= 11 is 0. The highest BCUT2D eigenvalue weighted by molar-refractivity contribution is 5.84. The summed E-state index contributed by atoms with van der Waals surface area (Å²) in [5, 5.41) is 0.855. The standard InChI is InChI=1S/C16H16O4/c17-15-12-9-10-5-3-4-8-18-16(10)20-14(12)11-6-1-2-7-13(11)19-15/h1-2,6-7,10,16H,3-5,8-9H2/t10-,16-/m0/s1. The van der Waals surface area contributed by atoms with Crippen LogP contribution < -0.4 is 10.4 Å². The predicted octanol–water partition coefficient (Wildman–Crippen LogP) is 2.87. The maximum atomic E-state index is 12.2. The van der Waals surface area contributed by atoms with Crippen molar-refractivity contribution < 1.29 is 13.9 Å². The summed E-state index contributed by atoms with van der Waals surface area (Å²) < 4.78 is 17.2. The van der Waals surface area contributed by atoms with E-state index in [-0.39, 0.29) is 17.8 Å². The van der Waals surface area contributed by atoms with E-state index in [1.54, 1.807) is 6.07 Å². The predicted molar refractivity (Wildman–Crippen MR) is 73.9 cm³/mol. The highest BCUT2D eigenvalue weighted by atomic mass is 16.7. The largest absolute Gasteiger partial charge is 0.463 e. The summed E-state index contributed by atoms with van der Waals surface area (Å²) in [5.41, 5.74) is 0.958. The van der Waals surface area contributed by atoms with E-state index in [9.17, 15) is 4.79 Å². The molecular weight excluding hydrogens is 256 g/mol. The molecule has 1 aromatic heterocycles. The van der Waals surface area contributed by atoms with Crippen LogP contribution >= 0.6 is 0 Å². The molecule has 4 heteroatoms. The summed E-state index contributed by atoms with van der Waals surface area (Å²) in [7, 11) is 0. The summed E-state index contributed by atoms with van der Waals surface area (Å²) in [6.07, 6.45) is 3.68. The van der Waals surface area contributed by atoms with Crippen LogP contribution in [-0.4, -0.2) is 12.9 Å². The van der Waals surface area contributed by atoms with Gasteiger partial charge in [0.05, 0.1) is 17.6 Å². The van der Waals surface area contributed by atoms with Gasteiger partial charge in [0, 0.05) is 5.92 Å². The van der Waals surface area contributed by atoms with Gasteiger partial charge in [0.25, 0.3) is 0 Å². The Kier molecular flexibility index (Phi) is 2.77. The molecule has 0 spiro atoms. The molecule has 4 nitrogen and oxygen atoms in total. The Balaban J connectivity index is 1.88. The highest BCUT2D eigenvalue weighted by Gasteiger charge is 2.35. The third-order valence-electron chi connectivity index (χ3n) is 4.19. The van der Waals surface area contributed by atoms with Gasteiger partial charge >= 0.3 is 5.63 Å². The third-order valence-corrected chi connectivity index (χ3v) is 4.19. The van der Waals surface area contributed by atoms with E-state index >= 15 is 0 Å². The van der Waals surface area contributed by atoms with Gasteiger partial charge in [-0.3, -0.25) is 0 Å². The van der Waals surface area contributed by atoms with Crippen LogP contribution in [0.15, 0.2) is 33.5 Å². The van der Waals surface area contributed by atoms with E-state index in [2.05, 4.69) is 0 Å². The second-order valence-electron chi connectivity index (χ2n) is 5.51. The Labute approximate surface area is 116 Å². The SMILES string of the molecule is O=c1oc2ccccc2c2c1C[C@@H]1CCCCO[C@H]1O2. The minimum Gasteiger partial charge on any atom is -0.463 e. The second-order valence-corrected chi connectivity index (χ2v) is 5.51. The molecule has 0 radical (unpaired) electrons. The van der Waals surface area contributed by atoms with Gasteiger partial charge in [0.15, 0.2) is 0 Å². The quantitative estimate of drug-likeness (QED) is 0.692. The maximum Gasteiger partial charge on any atom is 0.343 e. The van der Waals surface area contributed by atoms with Crippen LogP contribution in [0.25, 0.3) is 11.0 Å². The molecular formula is C16H16O4. The normalized spacial score (nSPS) is 25.4. The molecule has 0 saturated carbocycles. The Bertz CT molecular complexity index is 703. The monoisotopic (exact) mass is 272 g/mol. The first-order valence-corrected chi connectivity index (χ1v) is 7.16. The zero-order valence-electron chi connectivity index (χ0n) is 11.1. The number of para-hydroxylation sites is 1. The zero-order valence-corrected chi connectivity index (χ0v) is 11.1. The topological polar surface area (TPSA) is 48.7 Å². The van der Waals surface area contributed by atoms with Crippen LogP contribution in [0.4, 0.5) is 0 Å². The molecule has 0 aliphatic carbocycles. The zero-order chi connectivity index (χ0) is 13.5. The van der Waals surface area contributed by atoms with Crippen molar-refractivity contribution in [3.05, 3.63) is 40.2 Å². The fourth-order valence-electron chi connectivity index (χ4n) is 3.16. The fourth-order valence-corrected chi connectivity index (χ4v) is 3.16. The van der Waals surface area contributed by atoms with Crippen molar-refractivity contribution in [1.82, 2.24) is 0 Å². The van der Waals surface area contributed by atoms with E-state index in [1.807, 2.05) is 18.2 Å². The van der Waals surface area contributed by atoms with Crippen molar-refractivity contribution in [3.63, 3.8) is 0 Å². The molecule has 1 fully saturated rings. The molecule has 4 rings (SSSR count). The van der Waals surface area contributed by atoms with Crippen LogP contribution in [0.5, 0.6) is 5.75 Å². The molecule has 3 heterocycles. The first kappa shape index (κ1) is 12.0. The molecule has 0 N–H and O–H groups in total. The lowest BCUT2D eigenvalue weighted by molar-refractivity contribution is -0.115. The molecule has 2 atom stereocenters. The average molecular weight is 272 g/mol. The van der Waals surface area contributed by atoms with Crippen molar-refractivity contribution >= 4 is 11.0 Å². The molecule has 0 bridgehead atoms. The smallest absolute Gasteiger partial charge is 0.343 e. The Morgan fingerprint density at radius 1 is 1.15 bits per heavy atom. The molecule has 2 aliphatic heterocycles. The Hall–Kier alpha value is -1.81. The number of rotatable bonds is 0. The molecule has 0 amide bonds. The molecule has 1 aromatic carbocycles. The number of fused-ring (bicyclic) bond motifs is 4. The number of hydrogen-bond acceptors (Lipinski definition) is 4. The summed E-state index contributed by atoms with van der Waals surface area (Å²) in [6.45, 7) is 0.732. The summed E-state index contributed by atoms with van der Waals surface area (Å²) in [5.74, 6) is 0.911. The maximum absolute atomic E-state index is 12.2. The van der Waals surface area contributed by atoms with E-state index in [0.29, 0.717) is 23.3 Å². The number of benzene rings is 1. The summed E-state index contributed by atoms with van der Waals surface area (Å²) in [4.78, 5) is 12.2. The second kappa shape index (κ2) is 4.63. The van der Waals surface area contributed by atoms with Gasteiger partial charge < -0.3 is 13.9 Å². The minimum absolute atomic E-state index is 0.227. The molecule has 1 saturated heterocycles. The van der Waals surface area contributed by atoms with E-state index in [0.717, 1.165) is 31.3 Å². The van der Waals surface area contributed by atoms with E-state index < -0.39 is 0 Å². The molecule has 0 unspecified atom stereocenters. The molecule has 2 aromatic rings.